The molecule has 0 unspecified atom stereocenters. The molecule has 4 heteroatoms. The lowest BCUT2D eigenvalue weighted by Gasteiger charge is -2.12. The highest BCUT2D eigenvalue weighted by Crippen LogP contribution is 2.37. The van der Waals surface area contributed by atoms with E-state index < -0.39 is 0 Å². The van der Waals surface area contributed by atoms with E-state index in [1.54, 1.807) is 4.58 Å². The summed E-state index contributed by atoms with van der Waals surface area (Å²) in [7, 11) is 3.62. The van der Waals surface area contributed by atoms with Gasteiger partial charge in [0.05, 0.1) is 11.6 Å². The zero-order chi connectivity index (χ0) is 17.1. The van der Waals surface area contributed by atoms with Crippen LogP contribution in [-0.4, -0.2) is 29.0 Å². The Morgan fingerprint density at radius 1 is 1.00 bits per heavy atom. The lowest BCUT2D eigenvalue weighted by molar-refractivity contribution is -0.469. The Morgan fingerprint density at radius 2 is 1.71 bits per heavy atom. The number of nitriles is 1. The van der Waals surface area contributed by atoms with Crippen molar-refractivity contribution in [3.05, 3.63) is 66.2 Å². The number of aliphatic hydroxyl groups is 1. The van der Waals surface area contributed by atoms with Crippen molar-refractivity contribution in [3.63, 3.8) is 0 Å². The Hall–Kier alpha value is -2.77. The molecule has 3 aromatic rings. The van der Waals surface area contributed by atoms with Crippen molar-refractivity contribution in [3.8, 4) is 17.2 Å². The van der Waals surface area contributed by atoms with Crippen LogP contribution in [0.2, 0.25) is 0 Å². The summed E-state index contributed by atoms with van der Waals surface area (Å²) in [5.41, 5.74) is 2.73. The lowest BCUT2D eigenvalue weighted by atomic mass is 9.97. The zero-order valence-corrected chi connectivity index (χ0v) is 14.3. The van der Waals surface area contributed by atoms with Crippen LogP contribution in [0.4, 0.5) is 0 Å². The maximum Gasteiger partial charge on any atom is 0.402 e. The van der Waals surface area contributed by atoms with E-state index in [1.807, 2.05) is 56.6 Å². The number of hydrogen-bond donors (Lipinski definition) is 1. The van der Waals surface area contributed by atoms with Gasteiger partial charge in [0.2, 0.25) is 0 Å². The summed E-state index contributed by atoms with van der Waals surface area (Å²) in [6, 6.07) is 22.0. The summed E-state index contributed by atoms with van der Waals surface area (Å²) in [6.07, 6.45) is 0. The first-order valence-corrected chi connectivity index (χ1v) is 8.35. The fourth-order valence-corrected chi connectivity index (χ4v) is 3.38. The molecule has 24 heavy (non-hydrogen) atoms. The molecule has 118 valence electrons. The number of benzene rings is 3. The highest BCUT2D eigenvalue weighted by molar-refractivity contribution is 8.13. The van der Waals surface area contributed by atoms with E-state index in [0.717, 1.165) is 26.8 Å². The standard InChI is InChI=1S/C20H16N2OS/c1-22(2)20(23)24-18-12-11-15-5-3-4-6-17(15)19(18)16-9-7-14(13-21)8-10-16/h3-12H,1-2H3/p+1. The van der Waals surface area contributed by atoms with Gasteiger partial charge in [0.1, 0.15) is 14.1 Å². The SMILES string of the molecule is C[N+](C)=C(O)Sc1ccc2ccccc2c1-c1ccc(C#N)cc1. The molecule has 0 atom stereocenters. The van der Waals surface area contributed by atoms with E-state index in [9.17, 15) is 5.11 Å². The summed E-state index contributed by atoms with van der Waals surface area (Å²) in [5, 5.41) is 21.7. The normalized spacial score (nSPS) is 10.4. The Morgan fingerprint density at radius 3 is 2.38 bits per heavy atom. The largest absolute Gasteiger partial charge is 0.455 e. The molecule has 0 aliphatic heterocycles. The summed E-state index contributed by atoms with van der Waals surface area (Å²) in [4.78, 5) is 0.976. The maximum atomic E-state index is 10.2. The summed E-state index contributed by atoms with van der Waals surface area (Å²) in [6.45, 7) is 0. The van der Waals surface area contributed by atoms with E-state index in [0.29, 0.717) is 5.56 Å². The van der Waals surface area contributed by atoms with Crippen LogP contribution < -0.4 is 0 Å². The molecule has 0 aliphatic rings. The highest BCUT2D eigenvalue weighted by atomic mass is 32.2. The van der Waals surface area contributed by atoms with Crippen LogP contribution in [0.25, 0.3) is 21.9 Å². The van der Waals surface area contributed by atoms with E-state index in [2.05, 4.69) is 24.3 Å². The minimum Gasteiger partial charge on any atom is -0.455 e. The van der Waals surface area contributed by atoms with Gasteiger partial charge in [-0.25, -0.2) is 0 Å². The number of fused-ring (bicyclic) bond motifs is 1. The van der Waals surface area contributed by atoms with Crippen LogP contribution in [-0.2, 0) is 0 Å². The Balaban J connectivity index is 2.24. The van der Waals surface area contributed by atoms with Crippen LogP contribution in [0.3, 0.4) is 0 Å². The minimum absolute atomic E-state index is 0.236. The number of thioether (sulfide) groups is 1. The van der Waals surface area contributed by atoms with Gasteiger partial charge in [-0.05, 0) is 34.5 Å². The molecule has 0 saturated heterocycles. The van der Waals surface area contributed by atoms with E-state index >= 15 is 0 Å². The molecular weight excluding hydrogens is 316 g/mol. The highest BCUT2D eigenvalue weighted by Gasteiger charge is 2.16. The molecule has 3 nitrogen and oxygen atoms in total. The van der Waals surface area contributed by atoms with Crippen LogP contribution in [0, 0.1) is 11.3 Å². The van der Waals surface area contributed by atoms with Crippen molar-refractivity contribution in [2.24, 2.45) is 0 Å². The Labute approximate surface area is 145 Å². The summed E-state index contributed by atoms with van der Waals surface area (Å²) >= 11 is 1.33. The van der Waals surface area contributed by atoms with Crippen LogP contribution in [0.15, 0.2) is 65.6 Å². The van der Waals surface area contributed by atoms with E-state index in [1.165, 1.54) is 11.8 Å². The predicted molar refractivity (Wildman–Crippen MR) is 99.7 cm³/mol. The average molecular weight is 333 g/mol. The predicted octanol–water partition coefficient (Wildman–Crippen LogP) is 4.66. The zero-order valence-electron chi connectivity index (χ0n) is 13.5. The Bertz CT molecular complexity index is 965. The van der Waals surface area contributed by atoms with Gasteiger partial charge in [-0.3, -0.25) is 0 Å². The van der Waals surface area contributed by atoms with Gasteiger partial charge >= 0.3 is 5.23 Å². The number of rotatable bonds is 2. The van der Waals surface area contributed by atoms with Crippen LogP contribution in [0.5, 0.6) is 0 Å². The number of nitrogens with zero attached hydrogens (tertiary/aromatic N) is 2. The molecule has 0 fully saturated rings. The summed E-state index contributed by atoms with van der Waals surface area (Å²) < 4.78 is 1.68. The maximum absolute atomic E-state index is 10.2. The molecule has 3 aromatic carbocycles. The summed E-state index contributed by atoms with van der Waals surface area (Å²) in [5.74, 6) is 0. The smallest absolute Gasteiger partial charge is 0.402 e. The average Bonchev–Trinajstić information content (AvgIpc) is 2.61. The Kier molecular flexibility index (Phi) is 4.54. The van der Waals surface area contributed by atoms with Gasteiger partial charge < -0.3 is 5.11 Å². The second-order valence-corrected chi connectivity index (χ2v) is 6.64. The van der Waals surface area contributed by atoms with Crippen molar-refractivity contribution >= 4 is 27.8 Å². The van der Waals surface area contributed by atoms with Crippen molar-refractivity contribution in [1.29, 1.82) is 5.26 Å². The van der Waals surface area contributed by atoms with Gasteiger partial charge in [0.15, 0.2) is 0 Å². The first kappa shape index (κ1) is 16.1. The van der Waals surface area contributed by atoms with Crippen molar-refractivity contribution in [2.75, 3.05) is 14.1 Å². The van der Waals surface area contributed by atoms with Crippen LogP contribution >= 0.6 is 11.8 Å². The van der Waals surface area contributed by atoms with E-state index in [-0.39, 0.29) is 5.23 Å². The second kappa shape index (κ2) is 6.77. The molecule has 0 bridgehead atoms. The molecule has 0 aliphatic carbocycles. The lowest BCUT2D eigenvalue weighted by Crippen LogP contribution is -2.08. The van der Waals surface area contributed by atoms with Gasteiger partial charge in [0, 0.05) is 22.2 Å². The minimum atomic E-state index is 0.236. The molecule has 0 radical (unpaired) electrons. The van der Waals surface area contributed by atoms with Gasteiger partial charge in [0.25, 0.3) is 0 Å². The quantitative estimate of drug-likeness (QED) is 0.321. The molecule has 0 aromatic heterocycles. The molecule has 0 heterocycles. The monoisotopic (exact) mass is 333 g/mol. The van der Waals surface area contributed by atoms with Crippen molar-refractivity contribution < 1.29 is 9.68 Å². The van der Waals surface area contributed by atoms with E-state index in [4.69, 9.17) is 5.26 Å². The van der Waals surface area contributed by atoms with Gasteiger partial charge in [-0.2, -0.15) is 9.84 Å². The molecular formula is C20H17N2OS+. The topological polar surface area (TPSA) is 47.0 Å². The number of aliphatic hydroxyl groups excluding tert-OH is 1. The van der Waals surface area contributed by atoms with Crippen LogP contribution in [0.1, 0.15) is 5.56 Å². The number of hydrogen-bond acceptors (Lipinski definition) is 2. The molecule has 0 spiro atoms. The molecule has 0 saturated carbocycles. The third-order valence-electron chi connectivity index (χ3n) is 3.78. The molecule has 1 N–H and O–H groups in total. The molecule has 0 amide bonds. The van der Waals surface area contributed by atoms with Gasteiger partial charge in [-0.1, -0.05) is 42.5 Å². The third-order valence-corrected chi connectivity index (χ3v) is 4.89. The third kappa shape index (κ3) is 3.12. The fraction of sp³-hybridized carbons (Fsp3) is 0.100. The van der Waals surface area contributed by atoms with Gasteiger partial charge in [-0.15, -0.1) is 0 Å². The second-order valence-electron chi connectivity index (χ2n) is 5.63. The first-order valence-electron chi connectivity index (χ1n) is 7.53. The first-order chi connectivity index (χ1) is 11.6. The van der Waals surface area contributed by atoms with Crippen molar-refractivity contribution in [1.82, 2.24) is 0 Å². The fourth-order valence-electron chi connectivity index (χ4n) is 2.54. The molecule has 3 rings (SSSR count). The van der Waals surface area contributed by atoms with Crippen molar-refractivity contribution in [2.45, 2.75) is 4.90 Å².